The van der Waals surface area contributed by atoms with Crippen molar-refractivity contribution in [1.29, 1.82) is 0 Å². The van der Waals surface area contributed by atoms with Crippen LogP contribution in [0.5, 0.6) is 0 Å². The lowest BCUT2D eigenvalue weighted by molar-refractivity contribution is -0.334. The number of hydrogen-bond acceptors (Lipinski definition) is 13. The summed E-state index contributed by atoms with van der Waals surface area (Å²) in [5.41, 5.74) is 0. The molecular weight excluding hydrogens is 442 g/mol. The van der Waals surface area contributed by atoms with Crippen LogP contribution in [-0.2, 0) is 23.8 Å². The maximum atomic E-state index is 12.0. The van der Waals surface area contributed by atoms with E-state index in [1.807, 2.05) is 0 Å². The normalized spacial score (nSPS) is 42.2. The van der Waals surface area contributed by atoms with Crippen molar-refractivity contribution in [2.24, 2.45) is 0 Å². The van der Waals surface area contributed by atoms with E-state index in [9.17, 15) is 50.4 Å². The summed E-state index contributed by atoms with van der Waals surface area (Å²) in [6.07, 6.45) is -16.9. The van der Waals surface area contributed by atoms with Crippen molar-refractivity contribution in [1.82, 2.24) is 5.32 Å². The van der Waals surface area contributed by atoms with Gasteiger partial charge in [0.1, 0.15) is 42.7 Å². The lowest BCUT2D eigenvalue weighted by atomic mass is 9.88. The molecule has 10 N–H and O–H groups in total. The van der Waals surface area contributed by atoms with E-state index in [1.54, 1.807) is 0 Å². The van der Waals surface area contributed by atoms with Crippen LogP contribution in [0.4, 0.5) is 0 Å². The van der Waals surface area contributed by atoms with Crippen LogP contribution in [0.25, 0.3) is 0 Å². The molecule has 0 aromatic carbocycles. The molecule has 0 saturated carbocycles. The number of carboxylic acids is 1. The first-order valence-electron chi connectivity index (χ1n) is 9.69. The van der Waals surface area contributed by atoms with E-state index in [1.165, 1.54) is 0 Å². The van der Waals surface area contributed by atoms with Crippen molar-refractivity contribution in [2.45, 2.75) is 80.3 Å². The van der Waals surface area contributed by atoms with Gasteiger partial charge in [-0.15, -0.1) is 0 Å². The molecule has 0 spiro atoms. The molecule has 0 aromatic heterocycles. The molecule has 0 bridgehead atoms. The highest BCUT2D eigenvalue weighted by atomic mass is 16.7. The molecule has 32 heavy (non-hydrogen) atoms. The fourth-order valence-corrected chi connectivity index (χ4v) is 3.56. The summed E-state index contributed by atoms with van der Waals surface area (Å²) in [7, 11) is 0. The third kappa shape index (κ3) is 5.52. The van der Waals surface area contributed by atoms with Crippen LogP contribution < -0.4 is 5.32 Å². The summed E-state index contributed by atoms with van der Waals surface area (Å²) in [5, 5.41) is 90.6. The van der Waals surface area contributed by atoms with E-state index < -0.39 is 98.5 Å². The van der Waals surface area contributed by atoms with Gasteiger partial charge < -0.3 is 65.5 Å². The first kappa shape index (κ1) is 26.7. The topological polar surface area (TPSA) is 256 Å². The van der Waals surface area contributed by atoms with Crippen LogP contribution in [0, 0.1) is 0 Å². The second kappa shape index (κ2) is 10.6. The first-order valence-corrected chi connectivity index (χ1v) is 9.69. The Morgan fingerprint density at radius 1 is 1.12 bits per heavy atom. The molecule has 2 fully saturated rings. The summed E-state index contributed by atoms with van der Waals surface area (Å²) in [4.78, 5) is 23.5. The number of hydrogen-bond donors (Lipinski definition) is 10. The lowest BCUT2D eigenvalue weighted by Crippen LogP contribution is -2.68. The second-order valence-corrected chi connectivity index (χ2v) is 7.73. The van der Waals surface area contributed by atoms with Crippen LogP contribution in [0.2, 0.25) is 0 Å². The average Bonchev–Trinajstić information content (AvgIpc) is 2.73. The van der Waals surface area contributed by atoms with Crippen molar-refractivity contribution < 1.29 is 69.8 Å². The zero-order chi connectivity index (χ0) is 24.4. The Labute approximate surface area is 181 Å². The van der Waals surface area contributed by atoms with Crippen LogP contribution in [-0.4, -0.2) is 138 Å². The quantitative estimate of drug-likeness (QED) is 0.158. The zero-order valence-electron chi connectivity index (χ0n) is 17.0. The van der Waals surface area contributed by atoms with E-state index in [2.05, 4.69) is 5.32 Å². The molecule has 0 aromatic rings. The minimum Gasteiger partial charge on any atom is -0.477 e. The molecule has 1 amide bonds. The van der Waals surface area contributed by atoms with Crippen molar-refractivity contribution in [3.63, 3.8) is 0 Å². The van der Waals surface area contributed by atoms with Crippen molar-refractivity contribution in [3.8, 4) is 0 Å². The number of amides is 1. The molecule has 186 valence electrons. The standard InChI is InChI=1S/C17H29NO14/c1-5(20)18-9-6(21)2-17(16(28)29,32-14(9)10(23)7(22)3-19)30-4-8-11(24)12(25)13(26)15(27)31-8/h6-15,19,21-27H,2-4H2,1H3,(H,18,20)(H,28,29)/t6?,7-,8?,9?,10-,11?,12?,13?,14?,15?,17?/m1/s1. The summed E-state index contributed by atoms with van der Waals surface area (Å²) < 4.78 is 15.5. The number of nitrogens with one attached hydrogen (secondary N) is 1. The molecule has 15 heteroatoms. The van der Waals surface area contributed by atoms with Gasteiger partial charge >= 0.3 is 5.97 Å². The fourth-order valence-electron chi connectivity index (χ4n) is 3.56. The minimum absolute atomic E-state index is 0.669. The zero-order valence-corrected chi connectivity index (χ0v) is 17.0. The summed E-state index contributed by atoms with van der Waals surface area (Å²) in [6, 6.07) is -1.39. The Bertz CT molecular complexity index is 665. The van der Waals surface area contributed by atoms with Gasteiger partial charge in [-0.1, -0.05) is 0 Å². The number of aliphatic hydroxyl groups is 8. The van der Waals surface area contributed by atoms with Gasteiger partial charge in [-0.3, -0.25) is 4.79 Å². The molecule has 0 radical (unpaired) electrons. The maximum Gasteiger partial charge on any atom is 0.364 e. The minimum atomic E-state index is -2.69. The summed E-state index contributed by atoms with van der Waals surface area (Å²) in [6.45, 7) is -0.691. The van der Waals surface area contributed by atoms with E-state index in [4.69, 9.17) is 19.3 Å². The molecule has 2 aliphatic rings. The van der Waals surface area contributed by atoms with Gasteiger partial charge in [-0.05, 0) is 0 Å². The van der Waals surface area contributed by atoms with E-state index in [-0.39, 0.29) is 0 Å². The summed E-state index contributed by atoms with van der Waals surface area (Å²) >= 11 is 0. The predicted octanol–water partition coefficient (Wildman–Crippen LogP) is -6.05. The average molecular weight is 471 g/mol. The van der Waals surface area contributed by atoms with Gasteiger partial charge in [0.25, 0.3) is 5.79 Å². The number of aliphatic carboxylic acids is 1. The highest BCUT2D eigenvalue weighted by Crippen LogP contribution is 2.34. The number of ether oxygens (including phenoxy) is 3. The molecular formula is C17H29NO14. The highest BCUT2D eigenvalue weighted by Gasteiger charge is 2.56. The van der Waals surface area contributed by atoms with Crippen molar-refractivity contribution in [3.05, 3.63) is 0 Å². The highest BCUT2D eigenvalue weighted by molar-refractivity contribution is 5.76. The molecule has 15 nitrogen and oxygen atoms in total. The molecule has 9 unspecified atom stereocenters. The second-order valence-electron chi connectivity index (χ2n) is 7.73. The third-order valence-electron chi connectivity index (χ3n) is 5.35. The molecule has 2 saturated heterocycles. The Hall–Kier alpha value is -1.50. The van der Waals surface area contributed by atoms with Crippen LogP contribution in [0.1, 0.15) is 13.3 Å². The van der Waals surface area contributed by atoms with Crippen molar-refractivity contribution >= 4 is 11.9 Å². The van der Waals surface area contributed by atoms with E-state index in [0.717, 1.165) is 6.92 Å². The number of carbonyl (C=O) groups excluding carboxylic acids is 1. The van der Waals surface area contributed by atoms with Gasteiger partial charge in [-0.2, -0.15) is 0 Å². The molecule has 2 rings (SSSR count). The van der Waals surface area contributed by atoms with Gasteiger partial charge in [0.15, 0.2) is 6.29 Å². The maximum absolute atomic E-state index is 12.0. The van der Waals surface area contributed by atoms with Gasteiger partial charge in [0, 0.05) is 13.3 Å². The van der Waals surface area contributed by atoms with Gasteiger partial charge in [0.2, 0.25) is 5.91 Å². The van der Waals surface area contributed by atoms with Gasteiger partial charge in [-0.25, -0.2) is 4.79 Å². The van der Waals surface area contributed by atoms with Gasteiger partial charge in [0.05, 0.1) is 25.4 Å². The predicted molar refractivity (Wildman–Crippen MR) is 97.4 cm³/mol. The number of carboxylic acid groups (broad SMARTS) is 1. The Balaban J connectivity index is 2.27. The molecule has 11 atom stereocenters. The smallest absolute Gasteiger partial charge is 0.364 e. The Morgan fingerprint density at radius 3 is 2.28 bits per heavy atom. The van der Waals surface area contributed by atoms with Crippen LogP contribution in [0.15, 0.2) is 0 Å². The first-order chi connectivity index (χ1) is 14.8. The van der Waals surface area contributed by atoms with Crippen LogP contribution >= 0.6 is 0 Å². The largest absolute Gasteiger partial charge is 0.477 e. The number of rotatable bonds is 8. The summed E-state index contributed by atoms with van der Waals surface area (Å²) in [5.74, 6) is -5.15. The Kier molecular flexibility index (Phi) is 8.88. The van der Waals surface area contributed by atoms with E-state index in [0.29, 0.717) is 0 Å². The monoisotopic (exact) mass is 471 g/mol. The number of aliphatic hydroxyl groups excluding tert-OH is 8. The molecule has 2 heterocycles. The molecule has 2 aliphatic heterocycles. The third-order valence-corrected chi connectivity index (χ3v) is 5.35. The van der Waals surface area contributed by atoms with Crippen LogP contribution in [0.3, 0.4) is 0 Å². The fraction of sp³-hybridized carbons (Fsp3) is 0.882. The lowest BCUT2D eigenvalue weighted by Gasteiger charge is -2.47. The SMILES string of the molecule is CC(=O)NC1C(O)CC(OCC2OC(O)C(O)C(O)C2O)(C(=O)O)OC1[C@H](O)[C@H](O)CO. The van der Waals surface area contributed by atoms with Crippen molar-refractivity contribution in [2.75, 3.05) is 13.2 Å². The molecule has 0 aliphatic carbocycles. The Morgan fingerprint density at radius 2 is 1.75 bits per heavy atom. The number of carbonyl (C=O) groups is 2. The van der Waals surface area contributed by atoms with E-state index >= 15 is 0 Å².